The zero-order chi connectivity index (χ0) is 103. The first-order valence-corrected chi connectivity index (χ1v) is 48.4. The molecule has 0 aliphatic carbocycles. The second-order valence-electron chi connectivity index (χ2n) is 36.4. The van der Waals surface area contributed by atoms with E-state index >= 15 is 0 Å². The first kappa shape index (κ1) is 116. The molecule has 48 heteroatoms. The molecule has 3 fully saturated rings. The summed E-state index contributed by atoms with van der Waals surface area (Å²) >= 11 is 0. The number of amides is 12. The van der Waals surface area contributed by atoms with Crippen molar-refractivity contribution in [1.82, 2.24) is 103 Å². The summed E-state index contributed by atoms with van der Waals surface area (Å²) < 4.78 is 0. The molecule has 4 aromatic rings. The molecule has 46 nitrogen and oxygen atoms in total. The number of hydrogen-bond donors (Lipinski definition) is 23. The van der Waals surface area contributed by atoms with Crippen molar-refractivity contribution in [3.05, 3.63) is 95.1 Å². The lowest BCUT2D eigenvalue weighted by Gasteiger charge is -2.32. The van der Waals surface area contributed by atoms with Gasteiger partial charge in [-0.1, -0.05) is 55.0 Å². The minimum absolute atomic E-state index is 0.0194. The Hall–Kier alpha value is -12.3. The highest BCUT2D eigenvalue weighted by Gasteiger charge is 2.45. The van der Waals surface area contributed by atoms with Crippen molar-refractivity contribution >= 4 is 136 Å². The van der Waals surface area contributed by atoms with Crippen LogP contribution in [-0.4, -0.2) is 420 Å². The van der Waals surface area contributed by atoms with E-state index in [9.17, 15) is 118 Å². The molecule has 12 amide bonds. The summed E-state index contributed by atoms with van der Waals surface area (Å²) in [5.74, 6) is -11.5. The minimum Gasteiger partial charge on any atom is -0.480 e. The second kappa shape index (κ2) is 60.1. The van der Waals surface area contributed by atoms with E-state index in [0.717, 1.165) is 9.80 Å². The van der Waals surface area contributed by atoms with Crippen molar-refractivity contribution in [2.24, 2.45) is 0 Å². The average Bonchev–Trinajstić information content (AvgIpc) is 1.64. The van der Waals surface area contributed by atoms with Crippen LogP contribution in [0.15, 0.2) is 72.8 Å². The van der Waals surface area contributed by atoms with Gasteiger partial charge in [0.05, 0.1) is 50.3 Å². The summed E-state index contributed by atoms with van der Waals surface area (Å²) in [5, 5.41) is 141. The third-order valence-corrected chi connectivity index (χ3v) is 24.7. The van der Waals surface area contributed by atoms with Gasteiger partial charge in [0.2, 0.25) is 47.3 Å². The number of unbranched alkanes of at least 4 members (excludes halogenated alkanes) is 7. The van der Waals surface area contributed by atoms with E-state index in [0.29, 0.717) is 104 Å². The molecule has 3 aliphatic heterocycles. The number of carbonyl (C=O) groups is 15. The molecule has 23 N–H and O–H groups in total. The fraction of sp³-hybridized carbons (Fsp3) is 0.602. The average molecular weight is 1980 g/mol. The molecule has 776 valence electrons. The number of carboxylic acid groups (broad SMARTS) is 3. The van der Waals surface area contributed by atoms with Gasteiger partial charge in [-0.05, 0) is 169 Å². The molecule has 0 bridgehead atoms. The molecule has 0 aromatic heterocycles. The molecule has 3 heterocycles. The quantitative estimate of drug-likeness (QED) is 0.00896. The van der Waals surface area contributed by atoms with Crippen LogP contribution in [0.5, 0.6) is 0 Å². The summed E-state index contributed by atoms with van der Waals surface area (Å²) in [6, 6.07) is 13.9. The van der Waals surface area contributed by atoms with Crippen LogP contribution < -0.4 is 63.8 Å². The zero-order valence-corrected chi connectivity index (χ0v) is 81.5. The van der Waals surface area contributed by atoms with Gasteiger partial charge in [0.1, 0.15) is 30.2 Å². The molecule has 3 aliphatic rings. The van der Waals surface area contributed by atoms with E-state index in [1.54, 1.807) is 106 Å². The Bertz CT molecular complexity index is 4860. The van der Waals surface area contributed by atoms with Crippen LogP contribution in [-0.2, 0) is 52.7 Å². The molecule has 3 saturated heterocycles. The molecule has 141 heavy (non-hydrogen) atoms. The maximum absolute atomic E-state index is 14.7. The molecule has 4 aromatic carbocycles. The van der Waals surface area contributed by atoms with Gasteiger partial charge in [0.15, 0.2) is 11.9 Å². The third kappa shape index (κ3) is 39.6. The van der Waals surface area contributed by atoms with Gasteiger partial charge in [0, 0.05) is 175 Å². The number of aliphatic hydroxyl groups is 2. The summed E-state index contributed by atoms with van der Waals surface area (Å²) in [6.07, 6.45) is 3.42. The number of aliphatic hydroxyl groups excluding tert-OH is 2. The number of aliphatic carboxylic acids is 3. The number of fused-ring (bicyclic) bond motifs is 2. The number of carboxylic acids is 3. The number of likely N-dealkylation sites (tertiary alicyclic amines) is 2. The van der Waals surface area contributed by atoms with Gasteiger partial charge in [-0.2, -0.15) is 0 Å². The van der Waals surface area contributed by atoms with Crippen molar-refractivity contribution in [3.63, 3.8) is 0 Å². The van der Waals surface area contributed by atoms with E-state index in [1.807, 2.05) is 0 Å². The van der Waals surface area contributed by atoms with Gasteiger partial charge in [-0.3, -0.25) is 102 Å². The lowest BCUT2D eigenvalue weighted by Crippen LogP contribution is -2.54. The van der Waals surface area contributed by atoms with Crippen molar-refractivity contribution in [1.29, 1.82) is 10.8 Å². The van der Waals surface area contributed by atoms with Crippen molar-refractivity contribution in [3.8, 4) is 0 Å². The summed E-state index contributed by atoms with van der Waals surface area (Å²) in [5.41, 5.74) is 0.923. The molecule has 0 spiro atoms. The van der Waals surface area contributed by atoms with Gasteiger partial charge in [0.25, 0.3) is 23.6 Å². The van der Waals surface area contributed by atoms with Gasteiger partial charge >= 0.3 is 32.1 Å². The molecular formula is C93H144B2N22O24. The van der Waals surface area contributed by atoms with Crippen molar-refractivity contribution in [2.45, 2.75) is 197 Å². The Labute approximate surface area is 821 Å². The van der Waals surface area contributed by atoms with E-state index in [2.05, 4.69) is 63.8 Å². The van der Waals surface area contributed by atoms with Crippen LogP contribution in [0.4, 0.5) is 0 Å². The van der Waals surface area contributed by atoms with Gasteiger partial charge < -0.3 is 129 Å². The summed E-state index contributed by atoms with van der Waals surface area (Å²) in [7, 11) is 2.96. The van der Waals surface area contributed by atoms with Crippen LogP contribution in [0.1, 0.15) is 184 Å². The minimum atomic E-state index is -1.90. The molecule has 7 rings (SSSR count). The SMILES string of the molecule is C[C@@H](NC(=O)c1ccc(C(=O)NCCCCCNC(=O)[C@H](CCCNC(=N)N(C)C)NC(=O)CCCCCC(=O)N[C@@H](CCCCNC(=O)CN2CCN(CC(=O)O)CCN(CC(=O)O)CCN(CC(=O)O)CC2)C(=O)N[C@@H](CCCNC(=N)N(C)C)C(=O)NCCCCCNC(=O)c2ccc(C(=O)N[C@H](C)C(=O)N3C[C@@H](O)C[C@H]3B(O)O)c3ccccc23)c2ccccc12)C(=O)N1C[C@@H](O)C[C@H]1B(O)O. The number of carbonyl (C=O) groups excluding carboxylic acids is 12. The van der Waals surface area contributed by atoms with E-state index in [-0.39, 0.29) is 217 Å². The number of guanidine groups is 2. The van der Waals surface area contributed by atoms with Crippen LogP contribution in [0, 0.1) is 10.8 Å². The Balaban J connectivity index is 0.940. The van der Waals surface area contributed by atoms with E-state index in [4.69, 9.17) is 10.8 Å². The van der Waals surface area contributed by atoms with Crippen LogP contribution in [0.25, 0.3) is 21.5 Å². The van der Waals surface area contributed by atoms with Crippen LogP contribution in [0.3, 0.4) is 0 Å². The first-order chi connectivity index (χ1) is 67.2. The number of hydrogen-bond acceptors (Lipinski definition) is 27. The largest absolute Gasteiger partial charge is 0.480 e. The number of nitrogens with one attached hydrogen (secondary N) is 14. The Morgan fingerprint density at radius 3 is 1.00 bits per heavy atom. The van der Waals surface area contributed by atoms with Gasteiger partial charge in [-0.15, -0.1) is 0 Å². The standard InChI is InChI=1S/C93H144B2N22O24/c1-60(90(136)116-54-62(118)52-75(116)94(138)139)105-85(131)70-35-33-68(64-24-12-14-26-66(64)70)83(129)99-38-17-8-19-40-101-87(133)72(29-22-42-103-92(96)110(3)4)107-77(120)31-10-7-11-32-78(121)108-74(28-16-21-37-98-79(122)56-112-44-46-113(57-80(123)124)48-50-115(59-82(127)128)51-49-114(47-45-112)58-81(125)126)89(135)109-73(30-23-43-104-93(97)111(5)6)88(134)102-41-20-9-18-39-100-84(130)69-34-36-71(67-27-15-13-25-65(67)69)86(132)106-61(2)91(137)117-55-63(119)53-76(117)95(140)141/h12-15,24-27,33-36,60-63,72-76,118-119,138-141H,7-11,16-23,28-32,37-59H2,1-6H3,(H2,96,103)(H2,97,104)(H,98,122)(H,99,129)(H,100,130)(H,101,133)(H,102,134)(H,105,131)(H,106,132)(H,107,120)(H,108,121)(H,109,135)(H,123,124)(H,125,126)(H,127,128)/t60-,61-,62+,63+,72+,73+,74+,75+,76+/m1/s1. The molecule has 9 atom stereocenters. The highest BCUT2D eigenvalue weighted by molar-refractivity contribution is 6.44. The maximum Gasteiger partial charge on any atom is 0.475 e. The smallest absolute Gasteiger partial charge is 0.475 e. The molecule has 0 saturated carbocycles. The lowest BCUT2D eigenvalue weighted by atomic mass is 9.77. The molecule has 0 unspecified atom stereocenters. The van der Waals surface area contributed by atoms with Crippen LogP contribution in [0.2, 0.25) is 0 Å². The molecular weight excluding hydrogens is 1830 g/mol. The summed E-state index contributed by atoms with van der Waals surface area (Å²) in [6.45, 7) is 4.42. The van der Waals surface area contributed by atoms with E-state index < -0.39 is 157 Å². The predicted molar refractivity (Wildman–Crippen MR) is 524 cm³/mol. The number of rotatable bonds is 55. The Morgan fingerprint density at radius 2 is 0.652 bits per heavy atom. The molecule has 0 radical (unpaired) electrons. The topological polar surface area (TPSA) is 656 Å². The highest BCUT2D eigenvalue weighted by Crippen LogP contribution is 2.28. The Kier molecular flexibility index (Phi) is 49.3. The predicted octanol–water partition coefficient (Wildman–Crippen LogP) is -3.19. The third-order valence-electron chi connectivity index (χ3n) is 24.7. The van der Waals surface area contributed by atoms with Crippen molar-refractivity contribution in [2.75, 3.05) is 166 Å². The number of β-amino-alcohol motifs (C(OH)–C–C–N with tert-alkyl or cyclic N) is 2. The van der Waals surface area contributed by atoms with Gasteiger partial charge in [-0.25, -0.2) is 0 Å². The zero-order valence-electron chi connectivity index (χ0n) is 81.5. The van der Waals surface area contributed by atoms with Crippen molar-refractivity contribution < 1.29 is 118 Å². The normalized spacial score (nSPS) is 17.1. The highest BCUT2D eigenvalue weighted by atomic mass is 16.4. The van der Waals surface area contributed by atoms with E-state index in [1.165, 1.54) is 38.1 Å². The fourth-order valence-electron chi connectivity index (χ4n) is 16.9. The second-order valence-corrected chi connectivity index (χ2v) is 36.4. The maximum atomic E-state index is 14.7. The number of benzene rings is 4. The first-order valence-electron chi connectivity index (χ1n) is 48.4. The fourth-order valence-corrected chi connectivity index (χ4v) is 16.9. The number of nitrogens with zero attached hydrogens (tertiary/aromatic N) is 8. The monoisotopic (exact) mass is 1980 g/mol. The summed E-state index contributed by atoms with van der Waals surface area (Å²) in [4.78, 5) is 213. The van der Waals surface area contributed by atoms with Crippen LogP contribution >= 0.6 is 0 Å². The lowest BCUT2D eigenvalue weighted by molar-refractivity contribution is -0.140. The Morgan fingerprint density at radius 1 is 0.355 bits per heavy atom.